The molecule has 0 fully saturated rings. The Hall–Kier alpha value is -2.44. The van der Waals surface area contributed by atoms with Gasteiger partial charge < -0.3 is 5.11 Å². The lowest BCUT2D eigenvalue weighted by atomic mass is 10.1. The lowest BCUT2D eigenvalue weighted by Gasteiger charge is -1.98. The molecule has 0 spiro atoms. The molecule has 0 aliphatic rings. The normalized spacial score (nSPS) is 9.71. The molecule has 3 heteroatoms. The van der Waals surface area contributed by atoms with E-state index in [0.29, 0.717) is 0 Å². The van der Waals surface area contributed by atoms with E-state index in [0.717, 1.165) is 5.30 Å². The van der Waals surface area contributed by atoms with Crippen LogP contribution in [0.25, 0.3) is 11.1 Å². The lowest BCUT2D eigenvalue weighted by molar-refractivity contribution is 0.475. The molecule has 2 nitrogen and oxygen atoms in total. The Morgan fingerprint density at radius 2 is 1.05 bits per heavy atom. The van der Waals surface area contributed by atoms with E-state index >= 15 is 0 Å². The van der Waals surface area contributed by atoms with Crippen LogP contribution in [0.1, 0.15) is 0 Å². The van der Waals surface area contributed by atoms with Gasteiger partial charge in [0.15, 0.2) is 5.30 Å². The minimum absolute atomic E-state index is 0.206. The van der Waals surface area contributed by atoms with Gasteiger partial charge in [-0.2, -0.15) is 0 Å². The number of phenolic OH excluding ortho intramolecular Hbond substituents is 1. The van der Waals surface area contributed by atoms with Crippen molar-refractivity contribution in [3.63, 3.8) is 0 Å². The maximum absolute atomic E-state index is 10.2. The SMILES string of the molecule is O=[PH+]c1ccc(O)cc1.c1ccc(-c2ccccc2)cc1. The second-order valence-corrected chi connectivity index (χ2v) is 5.16. The number of phenols is 1. The van der Waals surface area contributed by atoms with Crippen molar-refractivity contribution in [2.75, 3.05) is 0 Å². The van der Waals surface area contributed by atoms with Gasteiger partial charge in [0.05, 0.1) is 0 Å². The van der Waals surface area contributed by atoms with Crippen LogP contribution in [0.5, 0.6) is 5.75 Å². The smallest absolute Gasteiger partial charge is 0.363 e. The summed E-state index contributed by atoms with van der Waals surface area (Å²) >= 11 is 0. The highest BCUT2D eigenvalue weighted by Crippen LogP contribution is 2.17. The molecule has 0 saturated heterocycles. The summed E-state index contributed by atoms with van der Waals surface area (Å²) in [5.74, 6) is 0.206. The van der Waals surface area contributed by atoms with Gasteiger partial charge in [0.1, 0.15) is 5.75 Å². The molecule has 0 aliphatic carbocycles. The molecule has 3 rings (SSSR count). The summed E-state index contributed by atoms with van der Waals surface area (Å²) in [5.41, 5.74) is 2.55. The largest absolute Gasteiger partial charge is 0.508 e. The van der Waals surface area contributed by atoms with Gasteiger partial charge >= 0.3 is 8.46 Å². The van der Waals surface area contributed by atoms with Crippen LogP contribution in [0.4, 0.5) is 0 Å². The average Bonchev–Trinajstić information content (AvgIpc) is 2.58. The van der Waals surface area contributed by atoms with E-state index in [2.05, 4.69) is 48.5 Å². The molecule has 0 saturated carbocycles. The zero-order chi connectivity index (χ0) is 14.9. The van der Waals surface area contributed by atoms with Crippen molar-refractivity contribution in [3.8, 4) is 16.9 Å². The van der Waals surface area contributed by atoms with Crippen molar-refractivity contribution in [1.29, 1.82) is 0 Å². The molecule has 0 amide bonds. The van der Waals surface area contributed by atoms with Crippen LogP contribution in [0.2, 0.25) is 0 Å². The molecule has 1 unspecified atom stereocenters. The van der Waals surface area contributed by atoms with Crippen LogP contribution >= 0.6 is 8.46 Å². The summed E-state index contributed by atoms with van der Waals surface area (Å²) in [5, 5.41) is 9.48. The van der Waals surface area contributed by atoms with Crippen LogP contribution < -0.4 is 5.30 Å². The monoisotopic (exact) mass is 295 g/mol. The van der Waals surface area contributed by atoms with Gasteiger partial charge in [0, 0.05) is 0 Å². The molecule has 3 aromatic rings. The number of aromatic hydroxyl groups is 1. The Morgan fingerprint density at radius 1 is 0.619 bits per heavy atom. The van der Waals surface area contributed by atoms with Crippen LogP contribution in [-0.2, 0) is 4.57 Å². The van der Waals surface area contributed by atoms with Crippen molar-refractivity contribution in [2.24, 2.45) is 0 Å². The second-order valence-electron chi connectivity index (χ2n) is 4.38. The number of rotatable bonds is 2. The molecule has 0 radical (unpaired) electrons. The first kappa shape index (κ1) is 15.0. The van der Waals surface area contributed by atoms with Crippen molar-refractivity contribution in [2.45, 2.75) is 0 Å². The van der Waals surface area contributed by atoms with E-state index in [1.807, 2.05) is 12.1 Å². The summed E-state index contributed by atoms with van der Waals surface area (Å²) in [4.78, 5) is 0. The third kappa shape index (κ3) is 4.87. The summed E-state index contributed by atoms with van der Waals surface area (Å²) in [6.45, 7) is 0. The van der Waals surface area contributed by atoms with E-state index < -0.39 is 8.46 Å². The molecule has 1 N–H and O–H groups in total. The first-order chi connectivity index (χ1) is 10.3. The molecule has 1 atom stereocenters. The maximum Gasteiger partial charge on any atom is 0.363 e. The highest BCUT2D eigenvalue weighted by Gasteiger charge is 1.96. The van der Waals surface area contributed by atoms with E-state index in [-0.39, 0.29) is 5.75 Å². The lowest BCUT2D eigenvalue weighted by Crippen LogP contribution is -1.85. The Labute approximate surface area is 125 Å². The third-order valence-electron chi connectivity index (χ3n) is 2.87. The predicted octanol–water partition coefficient (Wildman–Crippen LogP) is 4.40. The van der Waals surface area contributed by atoms with Gasteiger partial charge in [-0.25, -0.2) is 0 Å². The third-order valence-corrected chi connectivity index (χ3v) is 3.44. The predicted molar refractivity (Wildman–Crippen MR) is 88.6 cm³/mol. The standard InChI is InChI=1S/C12H10.C6H5O2P/c1-3-7-11(8-4-1)12-9-5-2-6-10-12;7-5-1-3-6(9-8)4-2-5/h1-10H;1-4,7H/p+1. The molecular weight excluding hydrogens is 279 g/mol. The number of benzene rings is 3. The van der Waals surface area contributed by atoms with Crippen LogP contribution in [-0.4, -0.2) is 5.11 Å². The van der Waals surface area contributed by atoms with Gasteiger partial charge in [-0.05, 0) is 35.4 Å². The molecule has 0 bridgehead atoms. The van der Waals surface area contributed by atoms with E-state index in [1.165, 1.54) is 23.3 Å². The van der Waals surface area contributed by atoms with Crippen molar-refractivity contribution >= 4 is 13.8 Å². The molecule has 0 heterocycles. The Bertz CT molecular complexity index is 627. The van der Waals surface area contributed by atoms with Crippen LogP contribution in [0, 0.1) is 0 Å². The van der Waals surface area contributed by atoms with Gasteiger partial charge in [-0.3, -0.25) is 0 Å². The molecule has 3 aromatic carbocycles. The minimum atomic E-state index is -0.435. The quantitative estimate of drug-likeness (QED) is 0.712. The summed E-state index contributed by atoms with van der Waals surface area (Å²) in [7, 11) is -0.435. The minimum Gasteiger partial charge on any atom is -0.508 e. The van der Waals surface area contributed by atoms with Gasteiger partial charge in [0.25, 0.3) is 0 Å². The number of hydrogen-bond acceptors (Lipinski definition) is 2. The first-order valence-electron chi connectivity index (χ1n) is 6.57. The summed E-state index contributed by atoms with van der Waals surface area (Å²) in [6.07, 6.45) is 0. The highest BCUT2D eigenvalue weighted by molar-refractivity contribution is 7.34. The fourth-order valence-corrected chi connectivity index (χ4v) is 2.09. The Kier molecular flexibility index (Phi) is 5.69. The first-order valence-corrected chi connectivity index (χ1v) is 7.48. The molecule has 21 heavy (non-hydrogen) atoms. The number of hydrogen-bond donors (Lipinski definition) is 1. The highest BCUT2D eigenvalue weighted by atomic mass is 31.1. The Morgan fingerprint density at radius 3 is 1.43 bits per heavy atom. The zero-order valence-corrected chi connectivity index (χ0v) is 12.4. The Balaban J connectivity index is 0.000000161. The van der Waals surface area contributed by atoms with Crippen LogP contribution in [0.3, 0.4) is 0 Å². The van der Waals surface area contributed by atoms with Gasteiger partial charge in [-0.1, -0.05) is 65.2 Å². The zero-order valence-electron chi connectivity index (χ0n) is 11.4. The molecule has 104 valence electrons. The van der Waals surface area contributed by atoms with E-state index in [1.54, 1.807) is 12.1 Å². The van der Waals surface area contributed by atoms with E-state index in [9.17, 15) is 4.57 Å². The topological polar surface area (TPSA) is 37.3 Å². The summed E-state index contributed by atoms with van der Waals surface area (Å²) in [6, 6.07) is 27.1. The van der Waals surface area contributed by atoms with Gasteiger partial charge in [0.2, 0.25) is 0 Å². The molecule has 0 aliphatic heterocycles. The van der Waals surface area contributed by atoms with Crippen molar-refractivity contribution in [3.05, 3.63) is 84.9 Å². The summed E-state index contributed by atoms with van der Waals surface area (Å²) < 4.78 is 10.2. The molecular formula is C18H16O2P+. The average molecular weight is 295 g/mol. The fourth-order valence-electron chi connectivity index (χ4n) is 1.79. The molecule has 0 aromatic heterocycles. The fraction of sp³-hybridized carbons (Fsp3) is 0. The van der Waals surface area contributed by atoms with Crippen LogP contribution in [0.15, 0.2) is 84.9 Å². The van der Waals surface area contributed by atoms with Gasteiger partial charge in [-0.15, -0.1) is 0 Å². The second kappa shape index (κ2) is 7.98. The van der Waals surface area contributed by atoms with Crippen molar-refractivity contribution in [1.82, 2.24) is 0 Å². The maximum atomic E-state index is 10.2. The van der Waals surface area contributed by atoms with Crippen molar-refractivity contribution < 1.29 is 9.67 Å². The van der Waals surface area contributed by atoms with E-state index in [4.69, 9.17) is 5.11 Å².